The topological polar surface area (TPSA) is 155 Å². The summed E-state index contributed by atoms with van der Waals surface area (Å²) in [6.07, 6.45) is 15.9. The van der Waals surface area contributed by atoms with Crippen molar-refractivity contribution in [2.75, 3.05) is 59.5 Å². The Morgan fingerprint density at radius 2 is 0.883 bits per heavy atom. The van der Waals surface area contributed by atoms with Crippen LogP contribution in [0.5, 0.6) is 0 Å². The molecule has 4 aliphatic heterocycles. The number of rotatable bonds is 6. The van der Waals surface area contributed by atoms with E-state index in [1.807, 2.05) is 58.4 Å². The van der Waals surface area contributed by atoms with Crippen LogP contribution in [-0.4, -0.2) is 129 Å². The molecule has 2 saturated heterocycles. The monoisotopic (exact) mass is 1040 g/mol. The molecule has 14 heteroatoms. The first kappa shape index (κ1) is 51.4. The van der Waals surface area contributed by atoms with E-state index in [2.05, 4.69) is 45.5 Å². The van der Waals surface area contributed by atoms with Crippen molar-refractivity contribution in [3.05, 3.63) is 129 Å². The third-order valence-corrected chi connectivity index (χ3v) is 17.2. The average Bonchev–Trinajstić information content (AvgIpc) is 4.07. The predicted octanol–water partition coefficient (Wildman–Crippen LogP) is 10.4. The molecule has 4 fully saturated rings. The zero-order valence-electron chi connectivity index (χ0n) is 44.5. The molecule has 398 valence electrons. The number of benzene rings is 4. The quantitative estimate of drug-likeness (QED) is 0.162. The number of fused-ring (bicyclic) bond motifs is 10. The fraction of sp³-hybridized carbons (Fsp3) is 0.397. The van der Waals surface area contributed by atoms with Gasteiger partial charge in [-0.2, -0.15) is 0 Å². The van der Waals surface area contributed by atoms with Crippen LogP contribution in [0.3, 0.4) is 0 Å². The van der Waals surface area contributed by atoms with Gasteiger partial charge in [0.25, 0.3) is 11.8 Å². The van der Waals surface area contributed by atoms with Crippen molar-refractivity contribution >= 4 is 69.5 Å². The molecule has 2 aromatic heterocycles. The van der Waals surface area contributed by atoms with E-state index in [0.717, 1.165) is 81.1 Å². The Bertz CT molecular complexity index is 3410. The fourth-order valence-electron chi connectivity index (χ4n) is 13.2. The zero-order valence-corrected chi connectivity index (χ0v) is 44.5. The molecule has 0 unspecified atom stereocenters. The molecule has 77 heavy (non-hydrogen) atoms. The van der Waals surface area contributed by atoms with Crippen LogP contribution in [0.1, 0.15) is 133 Å². The van der Waals surface area contributed by atoms with E-state index < -0.39 is 5.97 Å². The van der Waals surface area contributed by atoms with Crippen LogP contribution in [0.2, 0.25) is 0 Å². The van der Waals surface area contributed by atoms with Crippen LogP contribution >= 0.6 is 0 Å². The summed E-state index contributed by atoms with van der Waals surface area (Å²) in [5, 5.41) is 12.0. The van der Waals surface area contributed by atoms with Gasteiger partial charge in [0.2, 0.25) is 11.8 Å². The average molecular weight is 1040 g/mol. The number of carboxylic acid groups (broad SMARTS) is 1. The molecule has 0 radical (unpaired) electrons. The lowest BCUT2D eigenvalue weighted by molar-refractivity contribution is -0.136. The molecule has 14 nitrogen and oxygen atoms in total. The number of amides is 4. The van der Waals surface area contributed by atoms with Crippen LogP contribution in [0.25, 0.3) is 56.5 Å². The summed E-state index contributed by atoms with van der Waals surface area (Å²) in [4.78, 5) is 83.2. The summed E-state index contributed by atoms with van der Waals surface area (Å²) >= 11 is 0. The van der Waals surface area contributed by atoms with Gasteiger partial charge >= 0.3 is 11.9 Å². The van der Waals surface area contributed by atoms with E-state index in [9.17, 15) is 33.9 Å². The van der Waals surface area contributed by atoms with E-state index in [-0.39, 0.29) is 35.2 Å². The van der Waals surface area contributed by atoms with Gasteiger partial charge in [0.15, 0.2) is 0 Å². The van der Waals surface area contributed by atoms with Crippen molar-refractivity contribution in [2.45, 2.75) is 103 Å². The van der Waals surface area contributed by atoms with Gasteiger partial charge in [-0.3, -0.25) is 19.2 Å². The number of aromatic carboxylic acids is 1. The van der Waals surface area contributed by atoms with Crippen LogP contribution in [0, 0.1) is 0 Å². The van der Waals surface area contributed by atoms with Crippen LogP contribution in [0.15, 0.2) is 96.1 Å². The summed E-state index contributed by atoms with van der Waals surface area (Å²) < 4.78 is 9.49. The molecule has 0 atom stereocenters. The molecule has 4 amide bonds. The second-order valence-electron chi connectivity index (χ2n) is 21.7. The Labute approximate surface area is 449 Å². The highest BCUT2D eigenvalue weighted by molar-refractivity contribution is 6.05. The molecule has 0 spiro atoms. The lowest BCUT2D eigenvalue weighted by atomic mass is 9.81. The first-order chi connectivity index (χ1) is 37.4. The lowest BCUT2D eigenvalue weighted by Crippen LogP contribution is -2.50. The third-order valence-electron chi connectivity index (χ3n) is 17.2. The molecular weight excluding hydrogens is 969 g/mol. The second-order valence-corrected chi connectivity index (χ2v) is 21.7. The summed E-state index contributed by atoms with van der Waals surface area (Å²) in [6, 6.07) is 27.9. The number of carboxylic acids is 1. The van der Waals surface area contributed by atoms with Crippen LogP contribution < -0.4 is 0 Å². The zero-order chi connectivity index (χ0) is 53.5. The summed E-state index contributed by atoms with van der Waals surface area (Å²) in [5.74, 6) is -0.411. The number of carbonyl (C=O) groups is 6. The van der Waals surface area contributed by atoms with Gasteiger partial charge < -0.3 is 38.6 Å². The van der Waals surface area contributed by atoms with E-state index >= 15 is 0 Å². The minimum Gasteiger partial charge on any atom is -0.478 e. The van der Waals surface area contributed by atoms with Crippen molar-refractivity contribution < 1.29 is 38.6 Å². The smallest absolute Gasteiger partial charge is 0.337 e. The largest absolute Gasteiger partial charge is 0.478 e. The highest BCUT2D eigenvalue weighted by atomic mass is 16.5. The molecule has 0 bridgehead atoms. The van der Waals surface area contributed by atoms with E-state index in [4.69, 9.17) is 4.74 Å². The standard InChI is InChI=1S/C32H35N3O4.C31H33N3O4/c1-21(36)33-14-16-34(17-15-33)31(37)25-18-23-10-6-7-11-26(23)30-29(22-8-4-3-5-9-22)27-13-12-24(32(38)39-2)19-28(27)35(30)20-25;1-20(35)32-13-15-33(16-14-32)30(36)24-17-22-9-5-6-10-25(22)29-28(21-7-3-2-4-8-21)26-12-11-23(31(37)38)18-27(26)34(29)19-24/h6-7,10-13,18-19,22H,3-5,8-9,14-17,20H2,1-2H3;5-6,9-12,17-18,21H,2-4,7-8,13-16,19H2,1H3,(H,37,38). The van der Waals surface area contributed by atoms with Crippen molar-refractivity contribution in [3.63, 3.8) is 0 Å². The number of carbonyl (C=O) groups excluding carboxylic acids is 5. The molecule has 6 heterocycles. The van der Waals surface area contributed by atoms with Gasteiger partial charge in [0, 0.05) is 110 Å². The van der Waals surface area contributed by atoms with Gasteiger partial charge in [-0.05, 0) is 96.2 Å². The van der Waals surface area contributed by atoms with Crippen molar-refractivity contribution in [3.8, 4) is 22.5 Å². The number of hydrogen-bond acceptors (Lipinski definition) is 7. The lowest BCUT2D eigenvalue weighted by Gasteiger charge is -2.34. The molecule has 2 saturated carbocycles. The summed E-state index contributed by atoms with van der Waals surface area (Å²) in [5.41, 5.74) is 13.2. The van der Waals surface area contributed by atoms with Gasteiger partial charge in [-0.1, -0.05) is 99.2 Å². The maximum Gasteiger partial charge on any atom is 0.337 e. The van der Waals surface area contributed by atoms with Gasteiger partial charge in [-0.25, -0.2) is 9.59 Å². The van der Waals surface area contributed by atoms with E-state index in [1.54, 1.807) is 35.8 Å². The SMILES string of the molecule is CC(=O)N1CCN(C(=O)C2=Cc3ccccc3-c3c(C4CCCCC4)c4ccc(C(=O)O)cc4n3C2)CC1.COC(=O)c1ccc2c(C3CCCCC3)c3n(c2c1)CC(C(=O)N1CCN(C(C)=O)CC1)=Cc1ccccc1-3. The molecule has 6 aromatic rings. The van der Waals surface area contributed by atoms with Crippen molar-refractivity contribution in [1.82, 2.24) is 28.7 Å². The maximum atomic E-state index is 13.9. The Morgan fingerprint density at radius 1 is 0.494 bits per heavy atom. The number of methoxy groups -OCH3 is 1. The number of esters is 1. The number of hydrogen-bond donors (Lipinski definition) is 1. The van der Waals surface area contributed by atoms with Gasteiger partial charge in [-0.15, -0.1) is 0 Å². The number of aromatic nitrogens is 2. The molecule has 12 rings (SSSR count). The van der Waals surface area contributed by atoms with E-state index in [1.165, 1.54) is 56.8 Å². The molecular formula is C63H68N6O8. The minimum atomic E-state index is -0.953. The van der Waals surface area contributed by atoms with Crippen LogP contribution in [0.4, 0.5) is 0 Å². The molecule has 2 aliphatic carbocycles. The fourth-order valence-corrected chi connectivity index (χ4v) is 13.2. The predicted molar refractivity (Wildman–Crippen MR) is 298 cm³/mol. The van der Waals surface area contributed by atoms with Crippen molar-refractivity contribution in [1.29, 1.82) is 0 Å². The first-order valence-electron chi connectivity index (χ1n) is 27.7. The molecule has 1 N–H and O–H groups in total. The highest BCUT2D eigenvalue weighted by Crippen LogP contribution is 2.48. The minimum absolute atomic E-state index is 0.00560. The second kappa shape index (κ2) is 21.7. The summed E-state index contributed by atoms with van der Waals surface area (Å²) in [7, 11) is 1.40. The Hall–Kier alpha value is -7.74. The Balaban J connectivity index is 0.000000164. The molecule has 6 aliphatic rings. The maximum absolute atomic E-state index is 13.9. The number of piperazine rings is 2. The highest BCUT2D eigenvalue weighted by Gasteiger charge is 2.35. The Morgan fingerprint density at radius 3 is 1.29 bits per heavy atom. The van der Waals surface area contributed by atoms with Gasteiger partial charge in [0.1, 0.15) is 0 Å². The first-order valence-corrected chi connectivity index (χ1v) is 27.7. The molecule has 4 aromatic carbocycles. The normalized spacial score (nSPS) is 17.9. The van der Waals surface area contributed by atoms with Crippen LogP contribution in [-0.2, 0) is 37.0 Å². The number of ether oxygens (including phenoxy) is 1. The summed E-state index contributed by atoms with van der Waals surface area (Å²) in [6.45, 7) is 8.18. The van der Waals surface area contributed by atoms with Gasteiger partial charge in [0.05, 0.1) is 42.7 Å². The number of nitrogens with zero attached hydrogens (tertiary/aromatic N) is 6. The third kappa shape index (κ3) is 9.87. The Kier molecular flexibility index (Phi) is 14.5. The van der Waals surface area contributed by atoms with E-state index in [0.29, 0.717) is 94.0 Å². The van der Waals surface area contributed by atoms with Crippen molar-refractivity contribution in [2.24, 2.45) is 0 Å².